The van der Waals surface area contributed by atoms with Crippen LogP contribution in [0.25, 0.3) is 0 Å². The molecule has 10 nitrogen and oxygen atoms in total. The zero-order valence-corrected chi connectivity index (χ0v) is 22.5. The van der Waals surface area contributed by atoms with Crippen molar-refractivity contribution in [2.45, 2.75) is 52.5 Å². The SMILES string of the molecule is CCOc1cc2c(cc1C(N)=O)C(=N)N(CC(=O)c1cc(OC)c(OCCCC(=O)O)c(C(C)(C)C)c1)C2. The number of nitrogens with two attached hydrogens (primary N) is 1. The standard InChI is InChI=1S/C28H35N3O7/c1-6-37-22-12-17-14-31(26(29)18(17)13-19(22)27(30)35)15-21(32)16-10-20(28(2,3)4)25(23(11-16)36-5)38-9-7-8-24(33)34/h10-13,29H,6-9,14-15H2,1-5H3,(H2,30,35)(H,33,34). The van der Waals surface area contributed by atoms with E-state index >= 15 is 0 Å². The number of rotatable bonds is 12. The third kappa shape index (κ3) is 6.24. The van der Waals surface area contributed by atoms with Gasteiger partial charge in [-0.3, -0.25) is 19.8 Å². The number of nitrogens with zero attached hydrogens (tertiary/aromatic N) is 1. The number of carbonyl (C=O) groups excluding carboxylic acids is 2. The normalized spacial score (nSPS) is 12.8. The molecule has 3 rings (SSSR count). The first-order chi connectivity index (χ1) is 17.9. The van der Waals surface area contributed by atoms with Crippen molar-refractivity contribution in [1.82, 2.24) is 4.90 Å². The number of ketones is 1. The summed E-state index contributed by atoms with van der Waals surface area (Å²) in [6.07, 6.45) is 0.323. The van der Waals surface area contributed by atoms with Gasteiger partial charge in [0.1, 0.15) is 11.6 Å². The summed E-state index contributed by atoms with van der Waals surface area (Å²) in [6, 6.07) is 6.62. The second-order valence-corrected chi connectivity index (χ2v) is 10.1. The van der Waals surface area contributed by atoms with Crippen LogP contribution in [0.1, 0.15) is 77.9 Å². The first kappa shape index (κ1) is 28.5. The molecule has 0 saturated heterocycles. The monoisotopic (exact) mass is 525 g/mol. The topological polar surface area (TPSA) is 152 Å². The summed E-state index contributed by atoms with van der Waals surface area (Å²) in [7, 11) is 1.49. The Morgan fingerprint density at radius 3 is 2.39 bits per heavy atom. The minimum absolute atomic E-state index is 0.0130. The third-order valence-corrected chi connectivity index (χ3v) is 6.22. The van der Waals surface area contributed by atoms with Gasteiger partial charge in [-0.1, -0.05) is 20.8 Å². The van der Waals surface area contributed by atoms with E-state index in [0.717, 1.165) is 11.1 Å². The van der Waals surface area contributed by atoms with Gasteiger partial charge in [0.05, 0.1) is 32.4 Å². The Morgan fingerprint density at radius 2 is 1.82 bits per heavy atom. The van der Waals surface area contributed by atoms with Crippen LogP contribution in [0.2, 0.25) is 0 Å². The number of carboxylic acids is 1. The van der Waals surface area contributed by atoms with Crippen LogP contribution in [0.4, 0.5) is 0 Å². The number of amidine groups is 1. The van der Waals surface area contributed by atoms with Crippen LogP contribution in [-0.4, -0.2) is 60.4 Å². The van der Waals surface area contributed by atoms with E-state index in [1.165, 1.54) is 7.11 Å². The maximum atomic E-state index is 13.4. The Morgan fingerprint density at radius 1 is 1.11 bits per heavy atom. The number of hydrogen-bond donors (Lipinski definition) is 3. The van der Waals surface area contributed by atoms with Gasteiger partial charge in [0.2, 0.25) is 0 Å². The number of benzene rings is 2. The van der Waals surface area contributed by atoms with Crippen LogP contribution in [0.15, 0.2) is 24.3 Å². The largest absolute Gasteiger partial charge is 0.493 e. The van der Waals surface area contributed by atoms with Gasteiger partial charge in [-0.05, 0) is 48.6 Å². The number of hydrogen-bond acceptors (Lipinski definition) is 7. The Hall–Kier alpha value is -4.08. The minimum atomic E-state index is -0.896. The van der Waals surface area contributed by atoms with Gasteiger partial charge in [0.25, 0.3) is 5.91 Å². The summed E-state index contributed by atoms with van der Waals surface area (Å²) >= 11 is 0. The lowest BCUT2D eigenvalue weighted by molar-refractivity contribution is -0.137. The number of carboxylic acid groups (broad SMARTS) is 1. The number of aliphatic carboxylic acids is 1. The maximum absolute atomic E-state index is 13.4. The molecule has 0 atom stereocenters. The van der Waals surface area contributed by atoms with Gasteiger partial charge in [-0.15, -0.1) is 0 Å². The molecule has 0 fully saturated rings. The molecular formula is C28H35N3O7. The van der Waals surface area contributed by atoms with Crippen LogP contribution in [-0.2, 0) is 16.8 Å². The zero-order valence-electron chi connectivity index (χ0n) is 22.5. The van der Waals surface area contributed by atoms with Crippen molar-refractivity contribution in [2.24, 2.45) is 5.73 Å². The third-order valence-electron chi connectivity index (χ3n) is 6.22. The van der Waals surface area contributed by atoms with Crippen molar-refractivity contribution in [3.63, 3.8) is 0 Å². The van der Waals surface area contributed by atoms with Gasteiger partial charge < -0.3 is 30.0 Å². The molecule has 0 radical (unpaired) electrons. The van der Waals surface area contributed by atoms with Gasteiger partial charge in [0, 0.05) is 29.7 Å². The van der Waals surface area contributed by atoms with Gasteiger partial charge in [-0.2, -0.15) is 0 Å². The van der Waals surface area contributed by atoms with Crippen molar-refractivity contribution in [3.05, 3.63) is 52.1 Å². The van der Waals surface area contributed by atoms with E-state index in [1.807, 2.05) is 20.8 Å². The number of amides is 1. The molecule has 4 N–H and O–H groups in total. The average Bonchev–Trinajstić information content (AvgIpc) is 3.14. The van der Waals surface area contributed by atoms with Gasteiger partial charge in [-0.25, -0.2) is 0 Å². The molecule has 0 unspecified atom stereocenters. The van der Waals surface area contributed by atoms with E-state index in [4.69, 9.17) is 30.5 Å². The highest BCUT2D eigenvalue weighted by molar-refractivity contribution is 6.07. The van der Waals surface area contributed by atoms with Crippen LogP contribution in [0.5, 0.6) is 17.2 Å². The zero-order chi connectivity index (χ0) is 28.2. The number of nitrogens with one attached hydrogen (secondary N) is 1. The van der Waals surface area contributed by atoms with Crippen LogP contribution in [0.3, 0.4) is 0 Å². The molecule has 1 aliphatic heterocycles. The molecule has 0 saturated carbocycles. The molecule has 38 heavy (non-hydrogen) atoms. The number of fused-ring (bicyclic) bond motifs is 1. The predicted molar refractivity (Wildman–Crippen MR) is 142 cm³/mol. The Balaban J connectivity index is 1.87. The number of ether oxygens (including phenoxy) is 3. The maximum Gasteiger partial charge on any atom is 0.303 e. The van der Waals surface area contributed by atoms with Crippen molar-refractivity contribution in [1.29, 1.82) is 5.41 Å². The van der Waals surface area contributed by atoms with Crippen LogP contribution in [0, 0.1) is 5.41 Å². The molecule has 0 aromatic heterocycles. The molecule has 0 spiro atoms. The highest BCUT2D eigenvalue weighted by Crippen LogP contribution is 2.40. The van der Waals surface area contributed by atoms with Gasteiger partial charge >= 0.3 is 5.97 Å². The highest BCUT2D eigenvalue weighted by atomic mass is 16.5. The molecule has 204 valence electrons. The van der Waals surface area contributed by atoms with Crippen LogP contribution >= 0.6 is 0 Å². The summed E-state index contributed by atoms with van der Waals surface area (Å²) < 4.78 is 17.0. The van der Waals surface area contributed by atoms with Crippen LogP contribution < -0.4 is 19.9 Å². The summed E-state index contributed by atoms with van der Waals surface area (Å²) in [5, 5.41) is 17.5. The number of Topliss-reactive ketones (excluding diaryl/α,β-unsaturated/α-hetero) is 1. The predicted octanol–water partition coefficient (Wildman–Crippen LogP) is 3.76. The van der Waals surface area contributed by atoms with Crippen molar-refractivity contribution in [2.75, 3.05) is 26.9 Å². The first-order valence-electron chi connectivity index (χ1n) is 12.4. The lowest BCUT2D eigenvalue weighted by atomic mass is 9.84. The van der Waals surface area contributed by atoms with E-state index in [0.29, 0.717) is 47.9 Å². The lowest BCUT2D eigenvalue weighted by Crippen LogP contribution is -2.30. The number of methoxy groups -OCH3 is 1. The lowest BCUT2D eigenvalue weighted by Gasteiger charge is -2.26. The highest BCUT2D eigenvalue weighted by Gasteiger charge is 2.30. The van der Waals surface area contributed by atoms with E-state index < -0.39 is 17.3 Å². The number of primary amides is 1. The first-order valence-corrected chi connectivity index (χ1v) is 12.4. The molecule has 0 bridgehead atoms. The van der Waals surface area contributed by atoms with E-state index in [1.54, 1.807) is 36.1 Å². The Kier molecular flexibility index (Phi) is 8.65. The summed E-state index contributed by atoms with van der Waals surface area (Å²) in [6.45, 7) is 8.56. The fraction of sp³-hybridized carbons (Fsp3) is 0.429. The second kappa shape index (κ2) is 11.5. The van der Waals surface area contributed by atoms with Crippen molar-refractivity contribution < 1.29 is 33.7 Å². The fourth-order valence-corrected chi connectivity index (χ4v) is 4.31. The molecule has 1 amide bonds. The van der Waals surface area contributed by atoms with E-state index in [2.05, 4.69) is 0 Å². The molecule has 1 aliphatic rings. The number of carbonyl (C=O) groups is 3. The quantitative estimate of drug-likeness (QED) is 0.280. The molecule has 1 heterocycles. The minimum Gasteiger partial charge on any atom is -0.493 e. The fourth-order valence-electron chi connectivity index (χ4n) is 4.31. The second-order valence-electron chi connectivity index (χ2n) is 10.1. The Labute approximate surface area is 222 Å². The van der Waals surface area contributed by atoms with E-state index in [9.17, 15) is 14.4 Å². The Bertz CT molecular complexity index is 1260. The van der Waals surface area contributed by atoms with Crippen molar-refractivity contribution >= 4 is 23.5 Å². The average molecular weight is 526 g/mol. The van der Waals surface area contributed by atoms with E-state index in [-0.39, 0.29) is 36.8 Å². The molecule has 0 aliphatic carbocycles. The summed E-state index contributed by atoms with van der Waals surface area (Å²) in [5.41, 5.74) is 7.77. The summed E-state index contributed by atoms with van der Waals surface area (Å²) in [4.78, 5) is 37.8. The summed E-state index contributed by atoms with van der Waals surface area (Å²) in [5.74, 6) is -0.422. The molecule has 10 heteroatoms. The molecule has 2 aromatic carbocycles. The van der Waals surface area contributed by atoms with Gasteiger partial charge in [0.15, 0.2) is 17.3 Å². The van der Waals surface area contributed by atoms with Crippen molar-refractivity contribution in [3.8, 4) is 17.2 Å². The smallest absolute Gasteiger partial charge is 0.303 e. The molecular weight excluding hydrogens is 490 g/mol. The molecule has 2 aromatic rings.